The van der Waals surface area contributed by atoms with Crippen LogP contribution in [-0.2, 0) is 0 Å². The Hall–Kier alpha value is -2.31. The Bertz CT molecular complexity index is 514. The molecule has 0 amide bonds. The van der Waals surface area contributed by atoms with Crippen LogP contribution in [0.4, 0.5) is 5.69 Å². The summed E-state index contributed by atoms with van der Waals surface area (Å²) in [6.45, 7) is 0.0613. The lowest BCUT2D eigenvalue weighted by Gasteiger charge is -2.12. The van der Waals surface area contributed by atoms with E-state index in [1.807, 2.05) is 0 Å². The van der Waals surface area contributed by atoms with E-state index in [1.165, 1.54) is 19.2 Å². The van der Waals surface area contributed by atoms with E-state index in [0.29, 0.717) is 24.8 Å². The number of hydrogen-bond donors (Lipinski definition) is 1. The first kappa shape index (κ1) is 15.7. The number of benzene rings is 1. The zero-order valence-electron chi connectivity index (χ0n) is 11.1. The van der Waals surface area contributed by atoms with Gasteiger partial charge in [0.1, 0.15) is 0 Å². The van der Waals surface area contributed by atoms with E-state index in [2.05, 4.69) is 10.0 Å². The Balaban J connectivity index is 3.04. The van der Waals surface area contributed by atoms with Crippen molar-refractivity contribution in [2.45, 2.75) is 25.3 Å². The summed E-state index contributed by atoms with van der Waals surface area (Å²) in [5, 5.41) is 23.4. The topological polar surface area (TPSA) is 121 Å². The summed E-state index contributed by atoms with van der Waals surface area (Å²) in [5.41, 5.74) is 8.99. The van der Waals surface area contributed by atoms with Crippen molar-refractivity contribution in [3.63, 3.8) is 0 Å². The van der Waals surface area contributed by atoms with Crippen LogP contribution in [0.3, 0.4) is 0 Å². The third-order valence-corrected chi connectivity index (χ3v) is 2.86. The molecule has 0 saturated heterocycles. The normalized spacial score (nSPS) is 11.5. The Labute approximate surface area is 115 Å². The van der Waals surface area contributed by atoms with Crippen molar-refractivity contribution in [2.24, 2.45) is 5.11 Å². The molecule has 0 aliphatic heterocycles. The second-order valence-corrected chi connectivity index (χ2v) is 4.13. The van der Waals surface area contributed by atoms with Crippen molar-refractivity contribution < 1.29 is 14.8 Å². The Kier molecular flexibility index (Phi) is 6.28. The van der Waals surface area contributed by atoms with E-state index < -0.39 is 11.0 Å². The van der Waals surface area contributed by atoms with Gasteiger partial charge in [0.15, 0.2) is 5.75 Å². The summed E-state index contributed by atoms with van der Waals surface area (Å²) in [6, 6.07) is 4.00. The lowest BCUT2D eigenvalue weighted by molar-refractivity contribution is -0.385. The SMILES string of the molecule is COc1ccc(C(CCCCO)N=[N+]=[N-])cc1[N+](=O)[O-]. The highest BCUT2D eigenvalue weighted by Crippen LogP contribution is 2.32. The summed E-state index contributed by atoms with van der Waals surface area (Å²) < 4.78 is 4.92. The first-order chi connectivity index (χ1) is 9.63. The number of methoxy groups -OCH3 is 1. The molecular weight excluding hydrogens is 264 g/mol. The van der Waals surface area contributed by atoms with Crippen LogP contribution < -0.4 is 4.74 Å². The fourth-order valence-corrected chi connectivity index (χ4v) is 1.86. The van der Waals surface area contributed by atoms with E-state index >= 15 is 0 Å². The van der Waals surface area contributed by atoms with Crippen LogP contribution in [0.1, 0.15) is 30.9 Å². The predicted molar refractivity (Wildman–Crippen MR) is 72.5 cm³/mol. The predicted octanol–water partition coefficient (Wildman–Crippen LogP) is 3.12. The molecule has 0 saturated carbocycles. The lowest BCUT2D eigenvalue weighted by atomic mass is 10.0. The second kappa shape index (κ2) is 7.98. The molecule has 108 valence electrons. The van der Waals surface area contributed by atoms with E-state index in [-0.39, 0.29) is 18.0 Å². The number of azide groups is 1. The number of nitro groups is 1. The minimum Gasteiger partial charge on any atom is -0.490 e. The molecule has 8 nitrogen and oxygen atoms in total. The highest BCUT2D eigenvalue weighted by molar-refractivity contribution is 5.49. The Morgan fingerprint density at radius 2 is 2.30 bits per heavy atom. The van der Waals surface area contributed by atoms with Crippen molar-refractivity contribution in [3.8, 4) is 5.75 Å². The van der Waals surface area contributed by atoms with Crippen molar-refractivity contribution in [1.29, 1.82) is 0 Å². The third-order valence-electron chi connectivity index (χ3n) is 2.86. The molecule has 1 rings (SSSR count). The first-order valence-corrected chi connectivity index (χ1v) is 6.11. The fourth-order valence-electron chi connectivity index (χ4n) is 1.86. The van der Waals surface area contributed by atoms with E-state index in [0.717, 1.165) is 0 Å². The van der Waals surface area contributed by atoms with Crippen LogP contribution >= 0.6 is 0 Å². The van der Waals surface area contributed by atoms with Gasteiger partial charge in [0.05, 0.1) is 18.1 Å². The molecule has 1 aromatic rings. The van der Waals surface area contributed by atoms with Gasteiger partial charge < -0.3 is 9.84 Å². The number of ether oxygens (including phenoxy) is 1. The minimum atomic E-state index is -0.538. The third kappa shape index (κ3) is 4.11. The van der Waals surface area contributed by atoms with Crippen LogP contribution in [0.15, 0.2) is 23.3 Å². The van der Waals surface area contributed by atoms with Gasteiger partial charge in [0.25, 0.3) is 0 Å². The highest BCUT2D eigenvalue weighted by Gasteiger charge is 2.18. The number of rotatable bonds is 8. The summed E-state index contributed by atoms with van der Waals surface area (Å²) >= 11 is 0. The van der Waals surface area contributed by atoms with Crippen LogP contribution in [-0.4, -0.2) is 23.7 Å². The summed E-state index contributed by atoms with van der Waals surface area (Å²) in [5.74, 6) is 0.161. The molecule has 0 radical (unpaired) electrons. The van der Waals surface area contributed by atoms with Gasteiger partial charge in [-0.2, -0.15) is 0 Å². The minimum absolute atomic E-state index is 0.0613. The molecule has 1 atom stereocenters. The molecule has 1 aromatic carbocycles. The van der Waals surface area contributed by atoms with Gasteiger partial charge in [0.2, 0.25) is 0 Å². The lowest BCUT2D eigenvalue weighted by Crippen LogP contribution is -1.99. The van der Waals surface area contributed by atoms with Crippen molar-refractivity contribution in [1.82, 2.24) is 0 Å². The number of aliphatic hydroxyl groups is 1. The van der Waals surface area contributed by atoms with Crippen LogP contribution in [0.2, 0.25) is 0 Å². The Morgan fingerprint density at radius 3 is 2.85 bits per heavy atom. The Morgan fingerprint density at radius 1 is 1.55 bits per heavy atom. The molecule has 0 aliphatic rings. The number of nitro benzene ring substituents is 1. The van der Waals surface area contributed by atoms with Crippen molar-refractivity contribution in [2.75, 3.05) is 13.7 Å². The largest absolute Gasteiger partial charge is 0.490 e. The number of aliphatic hydroxyl groups excluding tert-OH is 1. The molecule has 0 bridgehead atoms. The van der Waals surface area contributed by atoms with Gasteiger partial charge in [-0.3, -0.25) is 10.1 Å². The molecule has 0 aromatic heterocycles. The maximum Gasteiger partial charge on any atom is 0.311 e. The summed E-state index contributed by atoms with van der Waals surface area (Å²) in [7, 11) is 1.36. The van der Waals surface area contributed by atoms with E-state index in [9.17, 15) is 10.1 Å². The maximum absolute atomic E-state index is 11.0. The molecule has 1 N–H and O–H groups in total. The molecule has 1 unspecified atom stereocenters. The monoisotopic (exact) mass is 280 g/mol. The molecule has 0 aliphatic carbocycles. The summed E-state index contributed by atoms with van der Waals surface area (Å²) in [4.78, 5) is 13.2. The van der Waals surface area contributed by atoms with Crippen LogP contribution in [0.5, 0.6) is 5.75 Å². The number of unbranched alkanes of at least 4 members (excludes halogenated alkanes) is 1. The maximum atomic E-state index is 11.0. The molecule has 0 spiro atoms. The van der Waals surface area contributed by atoms with Crippen molar-refractivity contribution in [3.05, 3.63) is 44.3 Å². The molecule has 8 heteroatoms. The highest BCUT2D eigenvalue weighted by atomic mass is 16.6. The van der Waals surface area contributed by atoms with Gasteiger partial charge in [-0.25, -0.2) is 0 Å². The van der Waals surface area contributed by atoms with Crippen LogP contribution in [0, 0.1) is 10.1 Å². The van der Waals surface area contributed by atoms with Gasteiger partial charge in [-0.15, -0.1) is 0 Å². The zero-order valence-corrected chi connectivity index (χ0v) is 11.1. The zero-order chi connectivity index (χ0) is 15.0. The standard InChI is InChI=1S/C12H16N4O4/c1-20-12-6-5-9(8-11(12)16(18)19)10(14-15-13)4-2-3-7-17/h5-6,8,10,17H,2-4,7H2,1H3. The average molecular weight is 280 g/mol. The van der Waals surface area contributed by atoms with Crippen molar-refractivity contribution >= 4 is 5.69 Å². The number of nitrogens with zero attached hydrogens (tertiary/aromatic N) is 4. The molecule has 20 heavy (non-hydrogen) atoms. The quantitative estimate of drug-likeness (QED) is 0.196. The van der Waals surface area contributed by atoms with Gasteiger partial charge in [-0.1, -0.05) is 17.6 Å². The number of hydrogen-bond acceptors (Lipinski definition) is 5. The molecule has 0 fully saturated rings. The average Bonchev–Trinajstić information content (AvgIpc) is 2.45. The van der Waals surface area contributed by atoms with Gasteiger partial charge >= 0.3 is 5.69 Å². The molecular formula is C12H16N4O4. The first-order valence-electron chi connectivity index (χ1n) is 6.11. The van der Waals surface area contributed by atoms with Gasteiger partial charge in [0, 0.05) is 17.6 Å². The molecule has 0 heterocycles. The summed E-state index contributed by atoms with van der Waals surface area (Å²) in [6.07, 6.45) is 1.78. The van der Waals surface area contributed by atoms with Crippen LogP contribution in [0.25, 0.3) is 10.4 Å². The second-order valence-electron chi connectivity index (χ2n) is 4.13. The fraction of sp³-hybridized carbons (Fsp3) is 0.500. The van der Waals surface area contributed by atoms with E-state index in [1.54, 1.807) is 6.07 Å². The van der Waals surface area contributed by atoms with Gasteiger partial charge in [-0.05, 0) is 30.0 Å². The van der Waals surface area contributed by atoms with E-state index in [4.69, 9.17) is 15.4 Å². The smallest absolute Gasteiger partial charge is 0.311 e.